The third kappa shape index (κ3) is 5.10. The Kier molecular flexibility index (Phi) is 7.85. The molecule has 1 saturated heterocycles. The van der Waals surface area contributed by atoms with Crippen molar-refractivity contribution < 1.29 is 19.5 Å². The van der Waals surface area contributed by atoms with Crippen LogP contribution >= 0.6 is 35.3 Å². The summed E-state index contributed by atoms with van der Waals surface area (Å²) in [6.07, 6.45) is 2.55. The summed E-state index contributed by atoms with van der Waals surface area (Å²) in [6, 6.07) is 2.90. The van der Waals surface area contributed by atoms with Crippen LogP contribution in [0.4, 0.5) is 0 Å². The van der Waals surface area contributed by atoms with Crippen LogP contribution < -0.4 is 5.32 Å². The van der Waals surface area contributed by atoms with Gasteiger partial charge in [-0.15, -0.1) is 35.3 Å². The van der Waals surface area contributed by atoms with Crippen molar-refractivity contribution in [1.82, 2.24) is 10.2 Å². The predicted octanol–water partition coefficient (Wildman–Crippen LogP) is 1.27. The fourth-order valence-electron chi connectivity index (χ4n) is 2.44. The number of allylic oxidation sites excluding steroid dienone is 2. The van der Waals surface area contributed by atoms with Gasteiger partial charge in [-0.3, -0.25) is 14.5 Å². The molecule has 0 saturated carbocycles. The van der Waals surface area contributed by atoms with Crippen molar-refractivity contribution in [3.05, 3.63) is 34.2 Å². The molecule has 27 heavy (non-hydrogen) atoms. The van der Waals surface area contributed by atoms with Crippen molar-refractivity contribution in [2.75, 3.05) is 17.3 Å². The van der Waals surface area contributed by atoms with Gasteiger partial charge >= 0.3 is 5.97 Å². The number of β-lactam (4-membered cyclic amide) rings is 1. The van der Waals surface area contributed by atoms with Crippen LogP contribution in [-0.4, -0.2) is 56.5 Å². The van der Waals surface area contributed by atoms with Crippen LogP contribution in [0.3, 0.4) is 0 Å². The van der Waals surface area contributed by atoms with Gasteiger partial charge in [-0.05, 0) is 16.4 Å². The van der Waals surface area contributed by atoms with Gasteiger partial charge in [0.2, 0.25) is 5.91 Å². The summed E-state index contributed by atoms with van der Waals surface area (Å²) in [5.41, 5.74) is 0.560. The molecule has 140 valence electrons. The average Bonchev–Trinajstić information content (AvgIpc) is 2.65. The minimum Gasteiger partial charge on any atom is -0.477 e. The molecule has 11 heteroatoms. The molecule has 0 aliphatic carbocycles. The van der Waals surface area contributed by atoms with E-state index in [-0.39, 0.29) is 17.4 Å². The summed E-state index contributed by atoms with van der Waals surface area (Å²) in [5.74, 6) is -1.14. The van der Waals surface area contributed by atoms with Crippen molar-refractivity contribution in [3.8, 4) is 12.1 Å². The van der Waals surface area contributed by atoms with Gasteiger partial charge in [0.05, 0.1) is 17.9 Å². The maximum absolute atomic E-state index is 12.4. The van der Waals surface area contributed by atoms with Gasteiger partial charge in [-0.25, -0.2) is 4.79 Å². The molecule has 1 unspecified atom stereocenters. The third-order valence-electron chi connectivity index (χ3n) is 3.52. The Hall–Kier alpha value is -2.34. The number of hydrogen-bond donors (Lipinski definition) is 2. The van der Waals surface area contributed by atoms with Crippen molar-refractivity contribution in [2.24, 2.45) is 0 Å². The van der Waals surface area contributed by atoms with Crippen LogP contribution in [-0.2, 0) is 14.4 Å². The molecule has 0 bridgehead atoms. The molecule has 2 aliphatic rings. The Morgan fingerprint density at radius 1 is 1.30 bits per heavy atom. The quantitative estimate of drug-likeness (QED) is 0.438. The maximum atomic E-state index is 12.4. The number of thioether (sulfide) groups is 3. The molecular weight excluding hydrogens is 408 g/mol. The van der Waals surface area contributed by atoms with E-state index in [0.717, 1.165) is 11.8 Å². The summed E-state index contributed by atoms with van der Waals surface area (Å²) in [4.78, 5) is 37.2. The van der Waals surface area contributed by atoms with Crippen molar-refractivity contribution in [1.29, 1.82) is 10.5 Å². The van der Waals surface area contributed by atoms with E-state index in [2.05, 4.69) is 5.32 Å². The van der Waals surface area contributed by atoms with Gasteiger partial charge in [0.1, 0.15) is 17.1 Å². The maximum Gasteiger partial charge on any atom is 0.352 e. The van der Waals surface area contributed by atoms with Crippen LogP contribution in [0.15, 0.2) is 34.2 Å². The second-order valence-corrected chi connectivity index (χ2v) is 8.09. The first-order valence-electron chi connectivity index (χ1n) is 7.53. The molecule has 0 spiro atoms. The first-order valence-corrected chi connectivity index (χ1v) is 10.7. The third-order valence-corrected chi connectivity index (χ3v) is 6.46. The van der Waals surface area contributed by atoms with Crippen molar-refractivity contribution in [3.63, 3.8) is 0 Å². The van der Waals surface area contributed by atoms with Crippen LogP contribution in [0.5, 0.6) is 0 Å². The molecule has 2 aliphatic heterocycles. The highest BCUT2D eigenvalue weighted by Gasteiger charge is 2.54. The largest absolute Gasteiger partial charge is 0.477 e. The van der Waals surface area contributed by atoms with Crippen LogP contribution in [0.1, 0.15) is 0 Å². The number of nitrogens with zero attached hydrogens (tertiary/aromatic N) is 3. The summed E-state index contributed by atoms with van der Waals surface area (Å²) >= 11 is 3.81. The second kappa shape index (κ2) is 10.1. The number of amides is 2. The zero-order valence-corrected chi connectivity index (χ0v) is 16.3. The van der Waals surface area contributed by atoms with Gasteiger partial charge in [0, 0.05) is 23.7 Å². The fourth-order valence-corrected chi connectivity index (χ4v) is 5.10. The summed E-state index contributed by atoms with van der Waals surface area (Å²) < 4.78 is 0. The number of carbonyl (C=O) groups is 3. The molecule has 2 amide bonds. The zero-order valence-electron chi connectivity index (χ0n) is 13.8. The van der Waals surface area contributed by atoms with Crippen LogP contribution in [0.25, 0.3) is 0 Å². The van der Waals surface area contributed by atoms with E-state index in [0.29, 0.717) is 17.1 Å². The number of fused-ring (bicyclic) bond motifs is 1. The van der Waals surface area contributed by atoms with E-state index in [1.165, 1.54) is 46.0 Å². The lowest BCUT2D eigenvalue weighted by Crippen LogP contribution is -2.70. The second-order valence-electron chi connectivity index (χ2n) is 5.20. The summed E-state index contributed by atoms with van der Waals surface area (Å²) in [5, 5.41) is 31.6. The highest BCUT2D eigenvalue weighted by Crippen LogP contribution is 2.41. The van der Waals surface area contributed by atoms with Gasteiger partial charge in [0.15, 0.2) is 0 Å². The van der Waals surface area contributed by atoms with E-state index in [1.54, 1.807) is 5.41 Å². The van der Waals surface area contributed by atoms with E-state index in [1.807, 2.05) is 12.1 Å². The molecular formula is C16H14N4O4S3. The van der Waals surface area contributed by atoms with Gasteiger partial charge in [0.25, 0.3) is 5.91 Å². The Labute approximate surface area is 168 Å². The Bertz CT molecular complexity index is 809. The van der Waals surface area contributed by atoms with E-state index >= 15 is 0 Å². The summed E-state index contributed by atoms with van der Waals surface area (Å²) in [6.45, 7) is 0. The number of carboxylic acid groups (broad SMARTS) is 1. The lowest BCUT2D eigenvalue weighted by molar-refractivity contribution is -0.150. The number of nitriles is 2. The van der Waals surface area contributed by atoms with Crippen molar-refractivity contribution in [2.45, 2.75) is 11.4 Å². The molecule has 1 fully saturated rings. The highest BCUT2D eigenvalue weighted by atomic mass is 32.2. The number of nitrogens with one attached hydrogen (secondary N) is 1. The minimum absolute atomic E-state index is 0.0431. The van der Waals surface area contributed by atoms with E-state index < -0.39 is 23.3 Å². The molecule has 0 radical (unpaired) electrons. The number of rotatable bonds is 8. The molecule has 2 N–H and O–H groups in total. The molecule has 8 nitrogen and oxygen atoms in total. The SMILES string of the molecule is N#C/C=C\SCC(=O)NC1C(=O)N2C(C(=O)O)=C(CS/C=C\C#N)CS[C@H]12. The van der Waals surface area contributed by atoms with E-state index in [4.69, 9.17) is 10.5 Å². The number of carboxylic acids is 1. The smallest absolute Gasteiger partial charge is 0.352 e. The van der Waals surface area contributed by atoms with Gasteiger partial charge < -0.3 is 10.4 Å². The van der Waals surface area contributed by atoms with Crippen LogP contribution in [0.2, 0.25) is 0 Å². The lowest BCUT2D eigenvalue weighted by atomic mass is 10.0. The molecule has 0 aromatic carbocycles. The topological polar surface area (TPSA) is 134 Å². The van der Waals surface area contributed by atoms with Gasteiger partial charge in [-0.1, -0.05) is 0 Å². The first kappa shape index (κ1) is 21.0. The fraction of sp³-hybridized carbons (Fsp3) is 0.312. The Morgan fingerprint density at radius 3 is 2.59 bits per heavy atom. The normalized spacial score (nSPS) is 21.6. The summed E-state index contributed by atoms with van der Waals surface area (Å²) in [7, 11) is 0. The predicted molar refractivity (Wildman–Crippen MR) is 104 cm³/mol. The molecule has 0 aromatic heterocycles. The lowest BCUT2D eigenvalue weighted by Gasteiger charge is -2.49. The highest BCUT2D eigenvalue weighted by molar-refractivity contribution is 8.03. The van der Waals surface area contributed by atoms with Crippen molar-refractivity contribution >= 4 is 53.1 Å². The zero-order chi connectivity index (χ0) is 19.8. The molecule has 2 rings (SSSR count). The number of hydrogen-bond acceptors (Lipinski definition) is 8. The Morgan fingerprint density at radius 2 is 1.96 bits per heavy atom. The van der Waals surface area contributed by atoms with Crippen LogP contribution in [0, 0.1) is 22.7 Å². The monoisotopic (exact) mass is 422 g/mol. The number of aliphatic carboxylic acids is 1. The first-order chi connectivity index (χ1) is 13.0. The molecule has 2 heterocycles. The van der Waals surface area contributed by atoms with E-state index in [9.17, 15) is 19.5 Å². The van der Waals surface area contributed by atoms with Gasteiger partial charge in [-0.2, -0.15) is 10.5 Å². The minimum atomic E-state index is -1.18. The molecule has 0 aromatic rings. The molecule has 2 atom stereocenters. The number of carbonyl (C=O) groups excluding carboxylic acids is 2. The Balaban J connectivity index is 2.02. The average molecular weight is 423 g/mol. The standard InChI is InChI=1S/C16H14N4O4S3/c17-3-1-5-25-7-10-8-27-15-12(14(22)20(15)13(10)16(23)24)19-11(21)9-26-6-2-4-18/h1-2,5-6,12,15H,7-9H2,(H,19,21)(H,23,24)/b5-1-,6-2-/t12?,15-/m1/s1.